The number of phenolic OH excluding ortho intramolecular Hbond substituents is 1. The van der Waals surface area contributed by atoms with Crippen molar-refractivity contribution in [2.75, 3.05) is 0 Å². The summed E-state index contributed by atoms with van der Waals surface area (Å²) >= 11 is 3.09. The van der Waals surface area contributed by atoms with Gasteiger partial charge < -0.3 is 14.6 Å². The summed E-state index contributed by atoms with van der Waals surface area (Å²) in [5.74, 6) is 1.27. The summed E-state index contributed by atoms with van der Waals surface area (Å²) in [5, 5.41) is 10.6. The van der Waals surface area contributed by atoms with E-state index in [4.69, 9.17) is 9.47 Å². The fourth-order valence-corrected chi connectivity index (χ4v) is 6.14. The molecule has 1 aromatic rings. The lowest BCUT2D eigenvalue weighted by atomic mass is 10.1. The average Bonchev–Trinajstić information content (AvgIpc) is 2.91. The molecule has 0 saturated carbocycles. The van der Waals surface area contributed by atoms with Gasteiger partial charge in [0.15, 0.2) is 0 Å². The first-order valence-electron chi connectivity index (χ1n) is 15.7. The smallest absolute Gasteiger partial charge is 0.306 e. The summed E-state index contributed by atoms with van der Waals surface area (Å²) in [5.41, 5.74) is 2.24. The third kappa shape index (κ3) is 18.2. The Balaban J connectivity index is 2.36. The molecule has 2 unspecified atom stereocenters. The largest absolute Gasteiger partial charge is 0.507 e. The molecular formula is C33H56O5S2. The summed E-state index contributed by atoms with van der Waals surface area (Å²) in [7, 11) is 0. The van der Waals surface area contributed by atoms with Gasteiger partial charge in [0.25, 0.3) is 0 Å². The van der Waals surface area contributed by atoms with Crippen LogP contribution in [0.15, 0.2) is 12.1 Å². The monoisotopic (exact) mass is 596 g/mol. The van der Waals surface area contributed by atoms with Gasteiger partial charge >= 0.3 is 11.9 Å². The zero-order valence-corrected chi connectivity index (χ0v) is 27.6. The maximum Gasteiger partial charge on any atom is 0.306 e. The van der Waals surface area contributed by atoms with E-state index in [1.54, 1.807) is 11.8 Å². The molecule has 1 N–H and O–H groups in total. The number of unbranched alkanes of at least 4 members (excludes halogenated alkanes) is 12. The molecule has 0 aromatic heterocycles. The Morgan fingerprint density at radius 3 is 1.60 bits per heavy atom. The van der Waals surface area contributed by atoms with Crippen molar-refractivity contribution in [2.45, 2.75) is 160 Å². The molecule has 5 nitrogen and oxygen atoms in total. The number of carbonyl (C=O) groups is 2. The lowest BCUT2D eigenvalue weighted by molar-refractivity contribution is -0.145. The number of esters is 2. The zero-order valence-electron chi connectivity index (χ0n) is 25.9. The minimum atomic E-state index is -0.273. The highest BCUT2D eigenvalue weighted by Gasteiger charge is 2.15. The van der Waals surface area contributed by atoms with Crippen molar-refractivity contribution in [3.8, 4) is 5.75 Å². The van der Waals surface area contributed by atoms with Gasteiger partial charge in [-0.3, -0.25) is 9.59 Å². The molecule has 0 amide bonds. The molecule has 230 valence electrons. The second-order valence-electron chi connectivity index (χ2n) is 10.9. The van der Waals surface area contributed by atoms with Crippen molar-refractivity contribution in [1.29, 1.82) is 0 Å². The van der Waals surface area contributed by atoms with E-state index in [0.717, 1.165) is 42.4 Å². The predicted molar refractivity (Wildman–Crippen MR) is 172 cm³/mol. The van der Waals surface area contributed by atoms with Crippen molar-refractivity contribution in [3.63, 3.8) is 0 Å². The molecule has 1 aromatic carbocycles. The Labute approximate surface area is 253 Å². The van der Waals surface area contributed by atoms with Gasteiger partial charge in [0.1, 0.15) is 16.6 Å². The van der Waals surface area contributed by atoms with Crippen LogP contribution in [0.2, 0.25) is 0 Å². The maximum atomic E-state index is 12.2. The van der Waals surface area contributed by atoms with Crippen LogP contribution < -0.4 is 0 Å². The zero-order chi connectivity index (χ0) is 29.6. The molecular weight excluding hydrogens is 540 g/mol. The van der Waals surface area contributed by atoms with Crippen LogP contribution in [0.25, 0.3) is 0 Å². The molecule has 7 heteroatoms. The second-order valence-corrected chi connectivity index (χ2v) is 13.5. The highest BCUT2D eigenvalue weighted by molar-refractivity contribution is 7.99. The number of benzene rings is 1. The van der Waals surface area contributed by atoms with E-state index in [-0.39, 0.29) is 28.6 Å². The maximum absolute atomic E-state index is 12.2. The van der Waals surface area contributed by atoms with Crippen LogP contribution in [0, 0.1) is 6.92 Å². The molecule has 0 aliphatic carbocycles. The summed E-state index contributed by atoms with van der Waals surface area (Å²) in [6.07, 6.45) is 17.5. The normalized spacial score (nSPS) is 12.7. The van der Waals surface area contributed by atoms with E-state index in [1.165, 1.54) is 76.0 Å². The van der Waals surface area contributed by atoms with Crippen LogP contribution in [-0.4, -0.2) is 27.9 Å². The second kappa shape index (κ2) is 23.2. The van der Waals surface area contributed by atoms with Gasteiger partial charge in [-0.1, -0.05) is 103 Å². The highest BCUT2D eigenvalue weighted by atomic mass is 32.2. The lowest BCUT2D eigenvalue weighted by Gasteiger charge is -2.16. The van der Waals surface area contributed by atoms with E-state index in [1.807, 2.05) is 32.9 Å². The Morgan fingerprint density at radius 1 is 0.700 bits per heavy atom. The molecule has 40 heavy (non-hydrogen) atoms. The van der Waals surface area contributed by atoms with Crippen LogP contribution in [-0.2, 0) is 30.6 Å². The minimum Gasteiger partial charge on any atom is -0.507 e. The quantitative estimate of drug-likeness (QED) is 0.0723. The molecule has 0 fully saturated rings. The molecule has 0 aliphatic rings. The molecule has 0 radical (unpaired) electrons. The summed E-state index contributed by atoms with van der Waals surface area (Å²) in [6.45, 7) is 10.1. The van der Waals surface area contributed by atoms with E-state index in [2.05, 4.69) is 13.8 Å². The van der Waals surface area contributed by atoms with Gasteiger partial charge in [0.2, 0.25) is 0 Å². The van der Waals surface area contributed by atoms with Crippen LogP contribution in [0.3, 0.4) is 0 Å². The standard InChI is InChI=1S/C33H56O5S2/c1-6-8-10-12-14-16-18-20-31(34)37-27(4)39-24-29-22-26(3)33(36)30(23-29)25-40-28(5)38-32(35)21-19-17-15-13-11-9-7-2/h22-23,27-28,36H,6-21,24-25H2,1-5H3. The van der Waals surface area contributed by atoms with Crippen molar-refractivity contribution >= 4 is 35.5 Å². The summed E-state index contributed by atoms with van der Waals surface area (Å²) in [4.78, 5) is 24.4. The number of carbonyl (C=O) groups excluding carboxylic acids is 2. The Hall–Kier alpha value is -1.34. The van der Waals surface area contributed by atoms with Gasteiger partial charge in [0, 0.05) is 29.9 Å². The first-order chi connectivity index (χ1) is 19.3. The summed E-state index contributed by atoms with van der Waals surface area (Å²) < 4.78 is 11.2. The molecule has 2 atom stereocenters. The SMILES string of the molecule is CCCCCCCCCC(=O)OC(C)SCc1cc(C)c(O)c(CSC(C)OC(=O)CCCCCCCCC)c1. The fraction of sp³-hybridized carbons (Fsp3) is 0.758. The number of phenols is 1. The third-order valence-electron chi connectivity index (χ3n) is 6.96. The van der Waals surface area contributed by atoms with Gasteiger partial charge in [-0.15, -0.1) is 23.5 Å². The average molecular weight is 597 g/mol. The first-order valence-corrected chi connectivity index (χ1v) is 17.8. The number of ether oxygens (including phenoxy) is 2. The fourth-order valence-electron chi connectivity index (χ4n) is 4.56. The van der Waals surface area contributed by atoms with Crippen LogP contribution >= 0.6 is 23.5 Å². The molecule has 0 bridgehead atoms. The number of aromatic hydroxyl groups is 1. The Morgan fingerprint density at radius 2 is 1.12 bits per heavy atom. The van der Waals surface area contributed by atoms with Gasteiger partial charge in [-0.25, -0.2) is 0 Å². The van der Waals surface area contributed by atoms with Gasteiger partial charge in [-0.05, 0) is 44.7 Å². The highest BCUT2D eigenvalue weighted by Crippen LogP contribution is 2.31. The van der Waals surface area contributed by atoms with Crippen molar-refractivity contribution in [3.05, 3.63) is 28.8 Å². The van der Waals surface area contributed by atoms with Crippen molar-refractivity contribution < 1.29 is 24.2 Å². The van der Waals surface area contributed by atoms with Crippen molar-refractivity contribution in [2.24, 2.45) is 0 Å². The van der Waals surface area contributed by atoms with Crippen molar-refractivity contribution in [1.82, 2.24) is 0 Å². The Kier molecular flexibility index (Phi) is 21.3. The van der Waals surface area contributed by atoms with E-state index >= 15 is 0 Å². The van der Waals surface area contributed by atoms with Crippen LogP contribution in [0.4, 0.5) is 0 Å². The van der Waals surface area contributed by atoms with Gasteiger partial charge in [0.05, 0.1) is 0 Å². The van der Waals surface area contributed by atoms with E-state index < -0.39 is 0 Å². The number of aryl methyl sites for hydroxylation is 1. The molecule has 0 spiro atoms. The number of rotatable bonds is 24. The van der Waals surface area contributed by atoms with E-state index in [0.29, 0.717) is 24.3 Å². The third-order valence-corrected chi connectivity index (χ3v) is 9.07. The number of thioether (sulfide) groups is 2. The molecule has 0 heterocycles. The summed E-state index contributed by atoms with van der Waals surface area (Å²) in [6, 6.07) is 3.98. The van der Waals surface area contributed by atoms with E-state index in [9.17, 15) is 14.7 Å². The van der Waals surface area contributed by atoms with Crippen LogP contribution in [0.5, 0.6) is 5.75 Å². The van der Waals surface area contributed by atoms with Gasteiger partial charge in [-0.2, -0.15) is 0 Å². The topological polar surface area (TPSA) is 72.8 Å². The predicted octanol–water partition coefficient (Wildman–Crippen LogP) is 10.2. The number of hydrogen-bond acceptors (Lipinski definition) is 7. The van der Waals surface area contributed by atoms with Crippen LogP contribution in [0.1, 0.15) is 147 Å². The number of hydrogen-bond donors (Lipinski definition) is 1. The first kappa shape index (κ1) is 36.7. The Bertz CT molecular complexity index is 829. The molecule has 1 rings (SSSR count). The minimum absolute atomic E-state index is 0.122. The lowest BCUT2D eigenvalue weighted by Crippen LogP contribution is -2.12. The molecule has 0 saturated heterocycles. The molecule has 0 aliphatic heterocycles.